The standard InChI is InChI=1S/C31H34FN3O3Si/c1-20-10-7-11-21(16-20)17-24-29-34-25(18-22-12-9-15-37-22)30(36)35(29)19-26(33-24)23-13-8-14-27(28(23)32)38-39(5,6)31(2,3)4/h7-16,19,25H,17-18H2,1-6H3/p+1. The first-order valence-electron chi connectivity index (χ1n) is 13.2. The summed E-state index contributed by atoms with van der Waals surface area (Å²) in [5.41, 5.74) is 3.54. The highest BCUT2D eigenvalue weighted by atomic mass is 28.4. The van der Waals surface area contributed by atoms with E-state index in [0.29, 0.717) is 41.4 Å². The molecule has 1 atom stereocenters. The van der Waals surface area contributed by atoms with Gasteiger partial charge in [-0.05, 0) is 54.9 Å². The maximum atomic E-state index is 16.0. The molecule has 5 rings (SSSR count). The largest absolute Gasteiger partial charge is 0.542 e. The van der Waals surface area contributed by atoms with Crippen LogP contribution in [0.3, 0.4) is 0 Å². The first kappa shape index (κ1) is 26.8. The zero-order valence-electron chi connectivity index (χ0n) is 23.3. The van der Waals surface area contributed by atoms with Crippen LogP contribution in [-0.2, 0) is 12.8 Å². The number of aryl methyl sites for hydroxylation is 1. The van der Waals surface area contributed by atoms with E-state index in [2.05, 4.69) is 45.2 Å². The van der Waals surface area contributed by atoms with Crippen LogP contribution in [0.25, 0.3) is 11.3 Å². The normalized spacial score (nSPS) is 15.3. The molecule has 0 aliphatic carbocycles. The zero-order chi connectivity index (χ0) is 27.9. The summed E-state index contributed by atoms with van der Waals surface area (Å²) in [5.74, 6) is 0.943. The molecule has 0 radical (unpaired) electrons. The number of halogens is 1. The van der Waals surface area contributed by atoms with E-state index in [9.17, 15) is 4.79 Å². The van der Waals surface area contributed by atoms with Crippen molar-refractivity contribution in [2.24, 2.45) is 0 Å². The van der Waals surface area contributed by atoms with E-state index >= 15 is 4.39 Å². The lowest BCUT2D eigenvalue weighted by atomic mass is 10.1. The van der Waals surface area contributed by atoms with Crippen LogP contribution < -0.4 is 14.3 Å². The van der Waals surface area contributed by atoms with Gasteiger partial charge >= 0.3 is 11.7 Å². The monoisotopic (exact) mass is 544 g/mol. The lowest BCUT2D eigenvalue weighted by Gasteiger charge is -2.36. The highest BCUT2D eigenvalue weighted by Crippen LogP contribution is 2.39. The highest BCUT2D eigenvalue weighted by molar-refractivity contribution is 6.74. The molecule has 1 aliphatic heterocycles. The van der Waals surface area contributed by atoms with Crippen molar-refractivity contribution >= 4 is 20.0 Å². The van der Waals surface area contributed by atoms with E-state index in [1.54, 1.807) is 41.3 Å². The summed E-state index contributed by atoms with van der Waals surface area (Å²) in [6, 6.07) is 16.4. The van der Waals surface area contributed by atoms with Gasteiger partial charge in [0.15, 0.2) is 5.82 Å². The van der Waals surface area contributed by atoms with Gasteiger partial charge in [0.25, 0.3) is 8.32 Å². The topological polar surface area (TPSA) is 68.2 Å². The van der Waals surface area contributed by atoms with Crippen LogP contribution in [0.15, 0.2) is 71.5 Å². The molecule has 1 unspecified atom stereocenters. The lowest BCUT2D eigenvalue weighted by molar-refractivity contribution is -0.552. The predicted octanol–water partition coefficient (Wildman–Crippen LogP) is 6.73. The first-order chi connectivity index (χ1) is 18.4. The second-order valence-corrected chi connectivity index (χ2v) is 16.5. The summed E-state index contributed by atoms with van der Waals surface area (Å²) in [6.45, 7) is 12.6. The van der Waals surface area contributed by atoms with Crippen LogP contribution in [-0.4, -0.2) is 25.3 Å². The SMILES string of the molecule is Cc1cccc(Cc2nc(-c3cccc(O[Si](C)(C)C(C)(C)C)c3F)c[n+]3c2NC(Cc2ccco2)C3=O)c1. The fraction of sp³-hybridized carbons (Fsp3) is 0.323. The lowest BCUT2D eigenvalue weighted by Crippen LogP contribution is -2.44. The van der Waals surface area contributed by atoms with Gasteiger partial charge in [-0.25, -0.2) is 14.2 Å². The van der Waals surface area contributed by atoms with E-state index < -0.39 is 20.2 Å². The Balaban J connectivity index is 1.58. The van der Waals surface area contributed by atoms with E-state index in [-0.39, 0.29) is 16.7 Å². The molecule has 0 saturated heterocycles. The van der Waals surface area contributed by atoms with Crippen LogP contribution in [0.4, 0.5) is 10.2 Å². The Kier molecular flexibility index (Phi) is 6.93. The van der Waals surface area contributed by atoms with Gasteiger partial charge in [0.05, 0.1) is 12.7 Å². The molecule has 0 bridgehead atoms. The smallest absolute Gasteiger partial charge is 0.359 e. The molecule has 8 heteroatoms. The fourth-order valence-electron chi connectivity index (χ4n) is 4.53. The van der Waals surface area contributed by atoms with E-state index in [1.165, 1.54) is 0 Å². The second kappa shape index (κ2) is 10.1. The Bertz CT molecular complexity index is 1530. The Morgan fingerprint density at radius 1 is 1.13 bits per heavy atom. The van der Waals surface area contributed by atoms with Crippen LogP contribution in [0.1, 0.15) is 48.1 Å². The fourth-order valence-corrected chi connectivity index (χ4v) is 5.54. The molecule has 1 aliphatic rings. The molecule has 39 heavy (non-hydrogen) atoms. The van der Waals surface area contributed by atoms with Crippen molar-refractivity contribution in [1.82, 2.24) is 4.98 Å². The Morgan fingerprint density at radius 3 is 2.59 bits per heavy atom. The zero-order valence-corrected chi connectivity index (χ0v) is 24.3. The highest BCUT2D eigenvalue weighted by Gasteiger charge is 2.42. The Labute approximate surface area is 230 Å². The minimum Gasteiger partial charge on any atom is -0.542 e. The van der Waals surface area contributed by atoms with E-state index in [4.69, 9.17) is 13.8 Å². The molecule has 2 aromatic heterocycles. The maximum Gasteiger partial charge on any atom is 0.359 e. The van der Waals surface area contributed by atoms with Crippen LogP contribution in [0.2, 0.25) is 18.1 Å². The van der Waals surface area contributed by atoms with Crippen LogP contribution in [0.5, 0.6) is 5.75 Å². The number of furan rings is 1. The Morgan fingerprint density at radius 2 is 1.90 bits per heavy atom. The molecule has 202 valence electrons. The Hall–Kier alpha value is -3.78. The number of carbonyl (C=O) groups is 1. The minimum atomic E-state index is -2.28. The summed E-state index contributed by atoms with van der Waals surface area (Å²) in [6.07, 6.45) is 4.11. The number of anilines is 1. The maximum absolute atomic E-state index is 16.0. The average Bonchev–Trinajstić information content (AvgIpc) is 3.48. The quantitative estimate of drug-likeness (QED) is 0.206. The van der Waals surface area contributed by atoms with Gasteiger partial charge in [-0.3, -0.25) is 5.32 Å². The number of aromatic nitrogens is 2. The van der Waals surface area contributed by atoms with E-state index in [1.807, 2.05) is 31.2 Å². The number of carbonyl (C=O) groups excluding carboxylic acids is 1. The number of fused-ring (bicyclic) bond motifs is 1. The molecule has 0 saturated carbocycles. The van der Waals surface area contributed by atoms with Gasteiger partial charge in [-0.1, -0.05) is 56.7 Å². The molecule has 3 heterocycles. The number of rotatable bonds is 7. The summed E-state index contributed by atoms with van der Waals surface area (Å²) in [4.78, 5) is 18.4. The third-order valence-electron chi connectivity index (χ3n) is 7.72. The van der Waals surface area contributed by atoms with Gasteiger partial charge in [-0.2, -0.15) is 4.57 Å². The van der Waals surface area contributed by atoms with Crippen LogP contribution in [0, 0.1) is 12.7 Å². The molecule has 1 N–H and O–H groups in total. The van der Waals surface area contributed by atoms with Crippen molar-refractivity contribution in [1.29, 1.82) is 0 Å². The molecule has 0 fully saturated rings. The van der Waals surface area contributed by atoms with Gasteiger partial charge in [0.2, 0.25) is 6.04 Å². The number of nitrogens with zero attached hydrogens (tertiary/aromatic N) is 2. The molecule has 2 aromatic carbocycles. The van der Waals surface area contributed by atoms with Crippen molar-refractivity contribution in [2.45, 2.75) is 64.7 Å². The van der Waals surface area contributed by atoms with Gasteiger partial charge in [-0.15, -0.1) is 0 Å². The third-order valence-corrected chi connectivity index (χ3v) is 12.1. The van der Waals surface area contributed by atoms with Crippen molar-refractivity contribution < 1.29 is 22.6 Å². The van der Waals surface area contributed by atoms with Crippen molar-refractivity contribution in [3.8, 4) is 17.0 Å². The van der Waals surface area contributed by atoms with Gasteiger partial charge in [0, 0.05) is 12.0 Å². The van der Waals surface area contributed by atoms with Gasteiger partial charge in [0.1, 0.15) is 29.1 Å². The van der Waals surface area contributed by atoms with Crippen LogP contribution >= 0.6 is 0 Å². The molecular weight excluding hydrogens is 509 g/mol. The summed E-state index contributed by atoms with van der Waals surface area (Å²) >= 11 is 0. The van der Waals surface area contributed by atoms with Gasteiger partial charge < -0.3 is 8.84 Å². The number of benzene rings is 2. The predicted molar refractivity (Wildman–Crippen MR) is 152 cm³/mol. The molecule has 0 spiro atoms. The van der Waals surface area contributed by atoms with Crippen molar-refractivity contribution in [2.75, 3.05) is 5.32 Å². The number of nitrogens with one attached hydrogen (secondary N) is 1. The summed E-state index contributed by atoms with van der Waals surface area (Å²) < 4.78 is 29.4. The third kappa shape index (κ3) is 5.38. The minimum absolute atomic E-state index is 0.0841. The molecular formula is C31H35FN3O3Si+. The average molecular weight is 545 g/mol. The number of hydrogen-bond acceptors (Lipinski definition) is 5. The summed E-state index contributed by atoms with van der Waals surface area (Å²) in [5, 5.41) is 3.27. The van der Waals surface area contributed by atoms with E-state index in [0.717, 1.165) is 11.1 Å². The molecule has 6 nitrogen and oxygen atoms in total. The first-order valence-corrected chi connectivity index (χ1v) is 16.2. The van der Waals surface area contributed by atoms with Crippen molar-refractivity contribution in [3.05, 3.63) is 95.5 Å². The number of hydrogen-bond donors (Lipinski definition) is 1. The second-order valence-electron chi connectivity index (χ2n) is 11.8. The molecule has 4 aromatic rings. The van der Waals surface area contributed by atoms with Crippen molar-refractivity contribution in [3.63, 3.8) is 0 Å². The summed E-state index contributed by atoms with van der Waals surface area (Å²) in [7, 11) is -2.28. The molecule has 0 amide bonds.